The first-order chi connectivity index (χ1) is 16.3. The van der Waals surface area contributed by atoms with Gasteiger partial charge in [-0.05, 0) is 32.2 Å². The zero-order valence-electron chi connectivity index (χ0n) is 18.8. The lowest BCUT2D eigenvalue weighted by molar-refractivity contribution is 0.0960. The van der Waals surface area contributed by atoms with Gasteiger partial charge in [0, 0.05) is 32.4 Å². The van der Waals surface area contributed by atoms with Gasteiger partial charge in [-0.25, -0.2) is 9.37 Å². The molecule has 0 spiro atoms. The number of carbonyl (C=O) groups excluding carboxylic acids is 1. The minimum atomic E-state index is -0.666. The number of hydrogen-bond donors (Lipinski definition) is 2. The highest BCUT2D eigenvalue weighted by Gasteiger charge is 2.31. The number of amides is 1. The van der Waals surface area contributed by atoms with Crippen LogP contribution >= 0.6 is 11.6 Å². The number of carbonyl (C=O) groups is 1. The van der Waals surface area contributed by atoms with Crippen molar-refractivity contribution < 1.29 is 13.9 Å². The number of nitrogens with zero attached hydrogens (tertiary/aromatic N) is 4. The first kappa shape index (κ1) is 22.4. The second-order valence-corrected chi connectivity index (χ2v) is 8.97. The molecule has 11 heteroatoms. The Labute approximate surface area is 200 Å². The SMILES string of the molecule is C[C@H]1COc2c(N3CCN(C)CC3)c(F)cc3c(=O)c(C(=O)NNc4cccc(Cl)n4)cn1c23. The number of benzene rings is 1. The zero-order valence-corrected chi connectivity index (χ0v) is 19.5. The van der Waals surface area contributed by atoms with E-state index < -0.39 is 17.2 Å². The fraction of sp³-hybridized carbons (Fsp3) is 0.348. The molecule has 1 amide bonds. The number of ether oxygens (including phenoxy) is 1. The number of piperazine rings is 1. The van der Waals surface area contributed by atoms with Gasteiger partial charge in [0.1, 0.15) is 28.8 Å². The van der Waals surface area contributed by atoms with E-state index in [0.29, 0.717) is 42.5 Å². The minimum Gasteiger partial charge on any atom is -0.487 e. The van der Waals surface area contributed by atoms with E-state index in [1.807, 2.05) is 23.4 Å². The summed E-state index contributed by atoms with van der Waals surface area (Å²) in [4.78, 5) is 34.3. The Morgan fingerprint density at radius 2 is 2.03 bits per heavy atom. The summed E-state index contributed by atoms with van der Waals surface area (Å²) in [6, 6.07) is 5.94. The Balaban J connectivity index is 1.56. The van der Waals surface area contributed by atoms with E-state index in [1.165, 1.54) is 12.3 Å². The normalized spacial score (nSPS) is 18.0. The summed E-state index contributed by atoms with van der Waals surface area (Å²) in [5.41, 5.74) is 5.29. The number of aromatic nitrogens is 2. The predicted octanol–water partition coefficient (Wildman–Crippen LogP) is 2.65. The van der Waals surface area contributed by atoms with E-state index >= 15 is 4.39 Å². The van der Waals surface area contributed by atoms with Gasteiger partial charge in [0.25, 0.3) is 5.91 Å². The molecule has 2 N–H and O–H groups in total. The smallest absolute Gasteiger partial charge is 0.275 e. The van der Waals surface area contributed by atoms with Crippen LogP contribution in [-0.4, -0.2) is 60.2 Å². The van der Waals surface area contributed by atoms with Crippen LogP contribution in [-0.2, 0) is 0 Å². The third kappa shape index (κ3) is 3.92. The van der Waals surface area contributed by atoms with Crippen LogP contribution in [0.25, 0.3) is 10.9 Å². The largest absolute Gasteiger partial charge is 0.487 e. The lowest BCUT2D eigenvalue weighted by Gasteiger charge is -2.37. The highest BCUT2D eigenvalue weighted by atomic mass is 35.5. The van der Waals surface area contributed by atoms with E-state index in [4.69, 9.17) is 16.3 Å². The predicted molar refractivity (Wildman–Crippen MR) is 128 cm³/mol. The molecule has 3 aromatic rings. The van der Waals surface area contributed by atoms with Gasteiger partial charge in [-0.15, -0.1) is 0 Å². The molecule has 2 aliphatic heterocycles. The van der Waals surface area contributed by atoms with Crippen LogP contribution in [0.1, 0.15) is 23.3 Å². The second kappa shape index (κ2) is 8.77. The molecular formula is C23H24ClFN6O3. The number of halogens is 2. The van der Waals surface area contributed by atoms with Crippen molar-refractivity contribution in [3.63, 3.8) is 0 Å². The third-order valence-electron chi connectivity index (χ3n) is 6.23. The van der Waals surface area contributed by atoms with Crippen LogP contribution in [0, 0.1) is 5.82 Å². The Kier molecular flexibility index (Phi) is 5.78. The van der Waals surface area contributed by atoms with E-state index in [0.717, 1.165) is 13.1 Å². The number of hydrogen-bond acceptors (Lipinski definition) is 7. The summed E-state index contributed by atoms with van der Waals surface area (Å²) >= 11 is 5.87. The molecule has 0 saturated carbocycles. The topological polar surface area (TPSA) is 91.7 Å². The number of nitrogens with one attached hydrogen (secondary N) is 2. The molecular weight excluding hydrogens is 463 g/mol. The maximum atomic E-state index is 15.4. The van der Waals surface area contributed by atoms with E-state index in [-0.39, 0.29) is 22.1 Å². The van der Waals surface area contributed by atoms with Crippen LogP contribution in [0.3, 0.4) is 0 Å². The average molecular weight is 487 g/mol. The van der Waals surface area contributed by atoms with Gasteiger partial charge in [-0.1, -0.05) is 17.7 Å². The number of rotatable bonds is 4. The fourth-order valence-corrected chi connectivity index (χ4v) is 4.53. The lowest BCUT2D eigenvalue weighted by atomic mass is 10.0. The number of anilines is 2. The minimum absolute atomic E-state index is 0.102. The molecule has 9 nitrogen and oxygen atoms in total. The van der Waals surface area contributed by atoms with E-state index in [2.05, 4.69) is 20.7 Å². The molecule has 34 heavy (non-hydrogen) atoms. The van der Waals surface area contributed by atoms with Gasteiger partial charge in [0.05, 0.1) is 16.9 Å². The highest BCUT2D eigenvalue weighted by Crippen LogP contribution is 2.42. The monoisotopic (exact) mass is 486 g/mol. The van der Waals surface area contributed by atoms with Crippen LogP contribution in [0.4, 0.5) is 15.9 Å². The average Bonchev–Trinajstić information content (AvgIpc) is 2.82. The van der Waals surface area contributed by atoms with Crippen molar-refractivity contribution in [1.82, 2.24) is 19.9 Å². The zero-order chi connectivity index (χ0) is 24.0. The van der Waals surface area contributed by atoms with Crippen molar-refractivity contribution in [3.8, 4) is 5.75 Å². The molecule has 2 aliphatic rings. The molecule has 1 fully saturated rings. The molecule has 5 rings (SSSR count). The molecule has 1 atom stereocenters. The maximum absolute atomic E-state index is 15.4. The van der Waals surface area contributed by atoms with Gasteiger partial charge in [-0.2, -0.15) is 0 Å². The number of hydrazine groups is 1. The summed E-state index contributed by atoms with van der Waals surface area (Å²) < 4.78 is 23.2. The van der Waals surface area contributed by atoms with E-state index in [9.17, 15) is 9.59 Å². The van der Waals surface area contributed by atoms with Crippen molar-refractivity contribution in [1.29, 1.82) is 0 Å². The summed E-state index contributed by atoms with van der Waals surface area (Å²) in [5, 5.41) is 0.355. The van der Waals surface area contributed by atoms with Crippen molar-refractivity contribution in [2.45, 2.75) is 13.0 Å². The molecule has 1 saturated heterocycles. The fourth-order valence-electron chi connectivity index (χ4n) is 4.36. The van der Waals surface area contributed by atoms with Gasteiger partial charge >= 0.3 is 0 Å². The van der Waals surface area contributed by atoms with Gasteiger partial charge in [0.2, 0.25) is 5.43 Å². The van der Waals surface area contributed by atoms with E-state index in [1.54, 1.807) is 18.2 Å². The van der Waals surface area contributed by atoms with Crippen LogP contribution in [0.15, 0.2) is 35.3 Å². The Morgan fingerprint density at radius 3 is 2.76 bits per heavy atom. The number of likely N-dealkylation sites (N-methyl/N-ethyl adjacent to an activating group) is 1. The molecule has 1 aromatic carbocycles. The summed E-state index contributed by atoms with van der Waals surface area (Å²) in [6.45, 7) is 5.11. The van der Waals surface area contributed by atoms with Crippen molar-refractivity contribution in [2.75, 3.05) is 50.2 Å². The van der Waals surface area contributed by atoms with Crippen molar-refractivity contribution >= 4 is 39.9 Å². The van der Waals surface area contributed by atoms with Crippen LogP contribution < -0.4 is 25.9 Å². The van der Waals surface area contributed by atoms with Crippen molar-refractivity contribution in [3.05, 3.63) is 57.2 Å². The third-order valence-corrected chi connectivity index (χ3v) is 6.44. The number of pyridine rings is 2. The first-order valence-corrected chi connectivity index (χ1v) is 11.4. The van der Waals surface area contributed by atoms with Gasteiger partial charge in [0.15, 0.2) is 11.6 Å². The summed E-state index contributed by atoms with van der Waals surface area (Å²) in [5.74, 6) is -0.539. The molecule has 2 aromatic heterocycles. The van der Waals surface area contributed by atoms with Gasteiger partial charge < -0.3 is 19.1 Å². The maximum Gasteiger partial charge on any atom is 0.275 e. The Hall–Kier alpha value is -3.37. The molecule has 0 aliphatic carbocycles. The quantitative estimate of drug-likeness (QED) is 0.432. The molecule has 178 valence electrons. The van der Waals surface area contributed by atoms with Crippen LogP contribution in [0.2, 0.25) is 5.15 Å². The standard InChI is InChI=1S/C23H24ClFN6O3/c1-13-12-34-22-19-14(10-16(25)20(22)30-8-6-29(2)7-9-30)21(32)15(11-31(13)19)23(33)28-27-18-5-3-4-17(24)26-18/h3-5,10-11,13H,6-9,12H2,1-2H3,(H,26,27)(H,28,33)/t13-/m0/s1. The first-order valence-electron chi connectivity index (χ1n) is 11.0. The van der Waals surface area contributed by atoms with Gasteiger partial charge in [-0.3, -0.25) is 20.4 Å². The molecule has 0 bridgehead atoms. The van der Waals surface area contributed by atoms with Crippen molar-refractivity contribution in [2.24, 2.45) is 0 Å². The summed E-state index contributed by atoms with van der Waals surface area (Å²) in [7, 11) is 2.03. The highest BCUT2D eigenvalue weighted by molar-refractivity contribution is 6.29. The molecule has 4 heterocycles. The summed E-state index contributed by atoms with van der Waals surface area (Å²) in [6.07, 6.45) is 1.51. The second-order valence-electron chi connectivity index (χ2n) is 8.59. The lowest BCUT2D eigenvalue weighted by Crippen LogP contribution is -2.45. The Bertz CT molecular complexity index is 1340. The van der Waals surface area contributed by atoms with Crippen LogP contribution in [0.5, 0.6) is 5.75 Å². The molecule has 0 radical (unpaired) electrons. The molecule has 0 unspecified atom stereocenters. The Morgan fingerprint density at radius 1 is 1.26 bits per heavy atom.